The third kappa shape index (κ3) is 8.24. The zero-order valence-corrected chi connectivity index (χ0v) is 23.8. The molecular weight excluding hydrogens is 510 g/mol. The van der Waals surface area contributed by atoms with Crippen LogP contribution < -0.4 is 5.73 Å². The largest absolute Gasteiger partial charge is 0.398 e. The quantitative estimate of drug-likeness (QED) is 0.131. The van der Waals surface area contributed by atoms with E-state index in [1.165, 1.54) is 11.3 Å². The van der Waals surface area contributed by atoms with Gasteiger partial charge in [0.05, 0.1) is 0 Å². The molecule has 0 aromatic heterocycles. The van der Waals surface area contributed by atoms with Gasteiger partial charge in [-0.1, -0.05) is 25.0 Å². The minimum Gasteiger partial charge on any atom is -0.398 e. The molecule has 2 saturated heterocycles. The highest BCUT2D eigenvalue weighted by molar-refractivity contribution is 6.08. The van der Waals surface area contributed by atoms with Gasteiger partial charge in [0, 0.05) is 49.9 Å². The smallest absolute Gasteiger partial charge is 0.261 e. The second kappa shape index (κ2) is 15.3. The Balaban J connectivity index is 1.40. The van der Waals surface area contributed by atoms with Gasteiger partial charge in [-0.3, -0.25) is 33.8 Å². The second-order valence-corrected chi connectivity index (χ2v) is 10.7. The van der Waals surface area contributed by atoms with Crippen LogP contribution in [0.3, 0.4) is 0 Å². The van der Waals surface area contributed by atoms with Gasteiger partial charge in [0.15, 0.2) is 0 Å². The number of nitrogen functional groups attached to an aromatic ring is 1. The van der Waals surface area contributed by atoms with E-state index in [1.54, 1.807) is 31.2 Å². The number of carbonyl (C=O) groups is 5. The van der Waals surface area contributed by atoms with Crippen LogP contribution in [0.25, 0.3) is 0 Å². The molecule has 2 N–H and O–H groups in total. The van der Waals surface area contributed by atoms with E-state index < -0.39 is 17.9 Å². The average molecular weight is 554 g/mol. The lowest BCUT2D eigenvalue weighted by Gasteiger charge is -2.35. The topological polar surface area (TPSA) is 124 Å². The molecule has 40 heavy (non-hydrogen) atoms. The van der Waals surface area contributed by atoms with E-state index in [4.69, 9.17) is 5.73 Å². The number of rotatable bonds is 13. The van der Waals surface area contributed by atoms with Crippen LogP contribution in [0.2, 0.25) is 0 Å². The van der Waals surface area contributed by atoms with E-state index in [1.807, 2.05) is 18.0 Å². The van der Waals surface area contributed by atoms with Crippen LogP contribution >= 0.6 is 0 Å². The number of amides is 5. The summed E-state index contributed by atoms with van der Waals surface area (Å²) in [4.78, 5) is 69.1. The summed E-state index contributed by atoms with van der Waals surface area (Å²) >= 11 is 0. The maximum Gasteiger partial charge on any atom is 0.261 e. The molecule has 218 valence electrons. The standard InChI is InChI=1S/C30H43N5O5/c1-23-24(12-10-13-25(23)31)29(39)35(22-36)26-15-16-28(38)34(30(26)40)21-9-4-3-6-17-32(2)18-11-14-27(37)33-19-7-5-8-20-33/h10-14,22,26H,3-9,15-21,31H2,1-2H3/b14-11+. The van der Waals surface area contributed by atoms with E-state index in [2.05, 4.69) is 4.90 Å². The molecule has 0 spiro atoms. The lowest BCUT2D eigenvalue weighted by atomic mass is 9.99. The van der Waals surface area contributed by atoms with Crippen LogP contribution in [0.4, 0.5) is 5.69 Å². The van der Waals surface area contributed by atoms with Gasteiger partial charge < -0.3 is 15.5 Å². The van der Waals surface area contributed by atoms with Crippen molar-refractivity contribution in [3.05, 3.63) is 41.5 Å². The maximum absolute atomic E-state index is 13.2. The monoisotopic (exact) mass is 553 g/mol. The lowest BCUT2D eigenvalue weighted by molar-refractivity contribution is -0.153. The minimum absolute atomic E-state index is 0.0950. The summed E-state index contributed by atoms with van der Waals surface area (Å²) in [5.41, 5.74) is 7.14. The molecule has 1 unspecified atom stereocenters. The summed E-state index contributed by atoms with van der Waals surface area (Å²) in [6.07, 6.45) is 11.0. The molecule has 1 atom stereocenters. The minimum atomic E-state index is -1.01. The molecule has 2 fully saturated rings. The molecule has 0 radical (unpaired) electrons. The third-order valence-electron chi connectivity index (χ3n) is 7.79. The van der Waals surface area contributed by atoms with Gasteiger partial charge in [-0.25, -0.2) is 0 Å². The van der Waals surface area contributed by atoms with E-state index in [0.717, 1.165) is 56.6 Å². The number of hydrogen-bond acceptors (Lipinski definition) is 7. The molecule has 1 aromatic carbocycles. The first-order valence-electron chi connectivity index (χ1n) is 14.4. The predicted molar refractivity (Wildman–Crippen MR) is 153 cm³/mol. The zero-order valence-electron chi connectivity index (χ0n) is 23.8. The van der Waals surface area contributed by atoms with Crippen LogP contribution in [-0.4, -0.2) is 95.5 Å². The Labute approximate surface area is 237 Å². The Kier molecular flexibility index (Phi) is 11.9. The van der Waals surface area contributed by atoms with Gasteiger partial charge in [-0.15, -0.1) is 0 Å². The number of piperidine rings is 2. The van der Waals surface area contributed by atoms with E-state index >= 15 is 0 Å². The molecule has 2 heterocycles. The van der Waals surface area contributed by atoms with Crippen LogP contribution in [0.5, 0.6) is 0 Å². The molecule has 2 aliphatic heterocycles. The summed E-state index contributed by atoms with van der Waals surface area (Å²) < 4.78 is 0. The Morgan fingerprint density at radius 1 is 1.07 bits per heavy atom. The molecule has 10 heteroatoms. The van der Waals surface area contributed by atoms with Crippen molar-refractivity contribution in [1.82, 2.24) is 19.6 Å². The van der Waals surface area contributed by atoms with Crippen molar-refractivity contribution in [3.8, 4) is 0 Å². The predicted octanol–water partition coefficient (Wildman–Crippen LogP) is 2.75. The van der Waals surface area contributed by atoms with E-state index in [-0.39, 0.29) is 36.8 Å². The van der Waals surface area contributed by atoms with Crippen molar-refractivity contribution >= 4 is 35.7 Å². The van der Waals surface area contributed by atoms with Gasteiger partial charge >= 0.3 is 0 Å². The number of imide groups is 2. The summed E-state index contributed by atoms with van der Waals surface area (Å²) in [7, 11) is 2.02. The van der Waals surface area contributed by atoms with E-state index in [0.29, 0.717) is 30.6 Å². The van der Waals surface area contributed by atoms with Crippen molar-refractivity contribution in [2.75, 3.05) is 45.5 Å². The molecule has 10 nitrogen and oxygen atoms in total. The fourth-order valence-corrected chi connectivity index (χ4v) is 5.25. The lowest BCUT2D eigenvalue weighted by Crippen LogP contribution is -2.55. The van der Waals surface area contributed by atoms with Crippen molar-refractivity contribution in [3.63, 3.8) is 0 Å². The molecular formula is C30H43N5O5. The number of unbranched alkanes of at least 4 members (excludes halogenated alkanes) is 3. The first-order chi connectivity index (χ1) is 19.2. The van der Waals surface area contributed by atoms with Gasteiger partial charge in [-0.2, -0.15) is 0 Å². The first-order valence-corrected chi connectivity index (χ1v) is 14.4. The fourth-order valence-electron chi connectivity index (χ4n) is 5.25. The van der Waals surface area contributed by atoms with Crippen LogP contribution in [0.15, 0.2) is 30.4 Å². The Morgan fingerprint density at radius 3 is 2.52 bits per heavy atom. The number of carbonyl (C=O) groups excluding carboxylic acids is 5. The normalized spacial score (nSPS) is 18.0. The molecule has 2 aliphatic rings. The third-order valence-corrected chi connectivity index (χ3v) is 7.79. The summed E-state index contributed by atoms with van der Waals surface area (Å²) in [6, 6.07) is 3.86. The van der Waals surface area contributed by atoms with Crippen molar-refractivity contribution in [1.29, 1.82) is 0 Å². The number of benzene rings is 1. The fraction of sp³-hybridized carbons (Fsp3) is 0.567. The zero-order chi connectivity index (χ0) is 29.1. The van der Waals surface area contributed by atoms with Crippen LogP contribution in [0, 0.1) is 6.92 Å². The van der Waals surface area contributed by atoms with Gasteiger partial charge in [0.1, 0.15) is 6.04 Å². The Hall–Kier alpha value is -3.53. The number of likely N-dealkylation sites (tertiary alicyclic amines) is 2. The second-order valence-electron chi connectivity index (χ2n) is 10.7. The van der Waals surface area contributed by atoms with Crippen molar-refractivity contribution in [2.24, 2.45) is 0 Å². The Bertz CT molecular complexity index is 1100. The molecule has 3 rings (SSSR count). The summed E-state index contributed by atoms with van der Waals surface area (Å²) in [5, 5.41) is 0. The van der Waals surface area contributed by atoms with Gasteiger partial charge in [0.25, 0.3) is 11.8 Å². The van der Waals surface area contributed by atoms with Crippen LogP contribution in [0.1, 0.15) is 73.7 Å². The highest BCUT2D eigenvalue weighted by Gasteiger charge is 2.40. The molecule has 0 saturated carbocycles. The molecule has 1 aromatic rings. The highest BCUT2D eigenvalue weighted by Crippen LogP contribution is 2.23. The highest BCUT2D eigenvalue weighted by atomic mass is 16.2. The number of nitrogens with two attached hydrogens (primary N) is 1. The van der Waals surface area contributed by atoms with Crippen LogP contribution in [-0.2, 0) is 19.2 Å². The molecule has 0 bridgehead atoms. The SMILES string of the molecule is Cc1c(N)cccc1C(=O)N(C=O)C1CCC(=O)N(CCCCCCN(C)C/C=C/C(=O)N2CCCCC2)C1=O. The number of likely N-dealkylation sites (N-methyl/N-ethyl adjacent to an activating group) is 1. The van der Waals surface area contributed by atoms with E-state index in [9.17, 15) is 24.0 Å². The van der Waals surface area contributed by atoms with Gasteiger partial charge in [-0.05, 0) is 76.7 Å². The molecule has 5 amide bonds. The number of nitrogens with zero attached hydrogens (tertiary/aromatic N) is 4. The summed E-state index contributed by atoms with van der Waals surface area (Å²) in [5.74, 6) is -1.28. The number of hydrogen-bond donors (Lipinski definition) is 1. The average Bonchev–Trinajstić information content (AvgIpc) is 2.95. The molecule has 0 aliphatic carbocycles. The maximum atomic E-state index is 13.2. The van der Waals surface area contributed by atoms with Crippen molar-refractivity contribution in [2.45, 2.75) is 70.8 Å². The van der Waals surface area contributed by atoms with Gasteiger partial charge in [0.2, 0.25) is 18.2 Å². The summed E-state index contributed by atoms with van der Waals surface area (Å²) in [6.45, 7) is 5.25. The Morgan fingerprint density at radius 2 is 1.80 bits per heavy atom. The first kappa shape index (κ1) is 31.0. The number of anilines is 1. The van der Waals surface area contributed by atoms with Crippen molar-refractivity contribution < 1.29 is 24.0 Å².